The van der Waals surface area contributed by atoms with Crippen molar-refractivity contribution in [3.8, 4) is 0 Å². The average molecular weight is 208 g/mol. The number of carbonyl (C=O) groups excluding carboxylic acids is 1. The molecule has 1 aliphatic rings. The molecule has 0 amide bonds. The standard InChI is InChI=1S/C11H13FN2O/c12-9-3-1-2-8(10(9)13)11(15)7-4-5-14-6-7/h1-3,7,14H,4-6,13H2. The van der Waals surface area contributed by atoms with E-state index in [-0.39, 0.29) is 17.4 Å². The number of para-hydroxylation sites is 1. The van der Waals surface area contributed by atoms with Gasteiger partial charge in [-0.15, -0.1) is 0 Å². The number of hydrogen-bond donors (Lipinski definition) is 2. The van der Waals surface area contributed by atoms with Gasteiger partial charge in [-0.25, -0.2) is 4.39 Å². The number of Topliss-reactive ketones (excluding diaryl/α,β-unsaturated/α-hetero) is 1. The maximum Gasteiger partial charge on any atom is 0.169 e. The Morgan fingerprint density at radius 3 is 3.00 bits per heavy atom. The molecule has 0 aromatic heterocycles. The monoisotopic (exact) mass is 208 g/mol. The molecule has 1 saturated heterocycles. The molecule has 2 rings (SSSR count). The molecule has 1 heterocycles. The number of rotatable bonds is 2. The van der Waals surface area contributed by atoms with Crippen LogP contribution in [0.1, 0.15) is 16.8 Å². The van der Waals surface area contributed by atoms with Gasteiger partial charge in [-0.3, -0.25) is 4.79 Å². The quantitative estimate of drug-likeness (QED) is 0.567. The lowest BCUT2D eigenvalue weighted by molar-refractivity contribution is 0.0931. The van der Waals surface area contributed by atoms with Crippen molar-refractivity contribution in [2.24, 2.45) is 5.92 Å². The fraction of sp³-hybridized carbons (Fsp3) is 0.364. The summed E-state index contributed by atoms with van der Waals surface area (Å²) >= 11 is 0. The third-order valence-electron chi connectivity index (χ3n) is 2.75. The number of halogens is 1. The summed E-state index contributed by atoms with van der Waals surface area (Å²) in [4.78, 5) is 11.9. The number of benzene rings is 1. The van der Waals surface area contributed by atoms with E-state index < -0.39 is 5.82 Å². The molecule has 15 heavy (non-hydrogen) atoms. The molecule has 3 nitrogen and oxygen atoms in total. The van der Waals surface area contributed by atoms with Crippen molar-refractivity contribution < 1.29 is 9.18 Å². The smallest absolute Gasteiger partial charge is 0.169 e. The van der Waals surface area contributed by atoms with E-state index in [1.54, 1.807) is 6.07 Å². The van der Waals surface area contributed by atoms with Gasteiger partial charge in [0.05, 0.1) is 5.69 Å². The Bertz CT molecular complexity index is 386. The molecule has 80 valence electrons. The van der Waals surface area contributed by atoms with Crippen LogP contribution in [0.25, 0.3) is 0 Å². The van der Waals surface area contributed by atoms with Crippen LogP contribution in [0.15, 0.2) is 18.2 Å². The highest BCUT2D eigenvalue weighted by Crippen LogP contribution is 2.22. The van der Waals surface area contributed by atoms with Gasteiger partial charge in [0, 0.05) is 18.0 Å². The SMILES string of the molecule is Nc1c(F)cccc1C(=O)C1CCNC1. The van der Waals surface area contributed by atoms with Gasteiger partial charge < -0.3 is 11.1 Å². The first kappa shape index (κ1) is 10.1. The first-order chi connectivity index (χ1) is 7.20. The third kappa shape index (κ3) is 1.85. The summed E-state index contributed by atoms with van der Waals surface area (Å²) in [6, 6.07) is 4.36. The van der Waals surface area contributed by atoms with Gasteiger partial charge in [-0.05, 0) is 25.1 Å². The molecule has 1 aliphatic heterocycles. The minimum absolute atomic E-state index is 0.0330. The van der Waals surface area contributed by atoms with Crippen molar-refractivity contribution in [1.82, 2.24) is 5.32 Å². The van der Waals surface area contributed by atoms with Crippen molar-refractivity contribution >= 4 is 11.5 Å². The van der Waals surface area contributed by atoms with E-state index in [0.717, 1.165) is 13.0 Å². The average Bonchev–Trinajstić information content (AvgIpc) is 2.74. The molecule has 0 aliphatic carbocycles. The van der Waals surface area contributed by atoms with E-state index in [1.807, 2.05) is 0 Å². The largest absolute Gasteiger partial charge is 0.396 e. The summed E-state index contributed by atoms with van der Waals surface area (Å²) in [7, 11) is 0. The van der Waals surface area contributed by atoms with Crippen molar-refractivity contribution in [3.05, 3.63) is 29.6 Å². The Morgan fingerprint density at radius 2 is 2.33 bits per heavy atom. The molecule has 1 aromatic carbocycles. The zero-order chi connectivity index (χ0) is 10.8. The zero-order valence-electron chi connectivity index (χ0n) is 8.29. The maximum atomic E-state index is 13.1. The minimum atomic E-state index is -0.521. The number of ketones is 1. The van der Waals surface area contributed by atoms with Crippen LogP contribution in [0.5, 0.6) is 0 Å². The van der Waals surface area contributed by atoms with Crippen LogP contribution >= 0.6 is 0 Å². The zero-order valence-corrected chi connectivity index (χ0v) is 8.29. The number of nitrogens with two attached hydrogens (primary N) is 1. The number of nitrogens with one attached hydrogen (secondary N) is 1. The second-order valence-corrected chi connectivity index (χ2v) is 3.76. The molecule has 0 bridgehead atoms. The predicted molar refractivity (Wildman–Crippen MR) is 56.1 cm³/mol. The molecule has 0 saturated carbocycles. The molecule has 4 heteroatoms. The van der Waals surface area contributed by atoms with Crippen molar-refractivity contribution in [1.29, 1.82) is 0 Å². The second kappa shape index (κ2) is 3.98. The molecule has 1 fully saturated rings. The van der Waals surface area contributed by atoms with Gasteiger partial charge in [0.1, 0.15) is 5.82 Å². The van der Waals surface area contributed by atoms with E-state index in [9.17, 15) is 9.18 Å². The summed E-state index contributed by atoms with van der Waals surface area (Å²) in [6.45, 7) is 1.50. The highest BCUT2D eigenvalue weighted by molar-refractivity contribution is 6.02. The molecule has 1 unspecified atom stereocenters. The Labute approximate surface area is 87.5 Å². The third-order valence-corrected chi connectivity index (χ3v) is 2.75. The van der Waals surface area contributed by atoms with E-state index in [1.165, 1.54) is 12.1 Å². The molecule has 1 atom stereocenters. The summed E-state index contributed by atoms with van der Waals surface area (Å²) in [5.41, 5.74) is 5.81. The summed E-state index contributed by atoms with van der Waals surface area (Å²) in [5.74, 6) is -0.641. The van der Waals surface area contributed by atoms with Crippen molar-refractivity contribution in [2.45, 2.75) is 6.42 Å². The number of hydrogen-bond acceptors (Lipinski definition) is 3. The van der Waals surface area contributed by atoms with Gasteiger partial charge >= 0.3 is 0 Å². The van der Waals surface area contributed by atoms with Crippen LogP contribution in [-0.2, 0) is 0 Å². The Kier molecular flexibility index (Phi) is 2.68. The van der Waals surface area contributed by atoms with Gasteiger partial charge in [-0.2, -0.15) is 0 Å². The number of carbonyl (C=O) groups is 1. The Morgan fingerprint density at radius 1 is 1.53 bits per heavy atom. The summed E-state index contributed by atoms with van der Waals surface area (Å²) < 4.78 is 13.1. The van der Waals surface area contributed by atoms with E-state index in [4.69, 9.17) is 5.73 Å². The number of anilines is 1. The van der Waals surface area contributed by atoms with Crippen LogP contribution in [-0.4, -0.2) is 18.9 Å². The first-order valence-corrected chi connectivity index (χ1v) is 4.99. The lowest BCUT2D eigenvalue weighted by Crippen LogP contribution is -2.19. The van der Waals surface area contributed by atoms with Crippen LogP contribution < -0.4 is 11.1 Å². The molecular weight excluding hydrogens is 195 g/mol. The van der Waals surface area contributed by atoms with Crippen molar-refractivity contribution in [3.63, 3.8) is 0 Å². The van der Waals surface area contributed by atoms with E-state index in [0.29, 0.717) is 12.1 Å². The molecule has 3 N–H and O–H groups in total. The number of nitrogen functional groups attached to an aromatic ring is 1. The highest BCUT2D eigenvalue weighted by Gasteiger charge is 2.25. The summed E-state index contributed by atoms with van der Waals surface area (Å²) in [6.07, 6.45) is 0.800. The fourth-order valence-corrected chi connectivity index (χ4v) is 1.85. The first-order valence-electron chi connectivity index (χ1n) is 4.99. The maximum absolute atomic E-state index is 13.1. The van der Waals surface area contributed by atoms with Gasteiger partial charge in [0.2, 0.25) is 0 Å². The topological polar surface area (TPSA) is 55.1 Å². The van der Waals surface area contributed by atoms with Crippen LogP contribution in [0.2, 0.25) is 0 Å². The van der Waals surface area contributed by atoms with Crippen LogP contribution in [0, 0.1) is 11.7 Å². The highest BCUT2D eigenvalue weighted by atomic mass is 19.1. The van der Waals surface area contributed by atoms with E-state index in [2.05, 4.69) is 5.32 Å². The van der Waals surface area contributed by atoms with Gasteiger partial charge in [0.15, 0.2) is 5.78 Å². The molecular formula is C11H13FN2O. The summed E-state index contributed by atoms with van der Waals surface area (Å²) in [5, 5.41) is 3.10. The van der Waals surface area contributed by atoms with Crippen LogP contribution in [0.3, 0.4) is 0 Å². The second-order valence-electron chi connectivity index (χ2n) is 3.76. The van der Waals surface area contributed by atoms with E-state index >= 15 is 0 Å². The molecule has 1 aromatic rings. The van der Waals surface area contributed by atoms with Gasteiger partial charge in [-0.1, -0.05) is 6.07 Å². The minimum Gasteiger partial charge on any atom is -0.396 e. The predicted octanol–water partition coefficient (Wildman–Crippen LogP) is 1.20. The van der Waals surface area contributed by atoms with Crippen molar-refractivity contribution in [2.75, 3.05) is 18.8 Å². The van der Waals surface area contributed by atoms with Gasteiger partial charge in [0.25, 0.3) is 0 Å². The van der Waals surface area contributed by atoms with Crippen LogP contribution in [0.4, 0.5) is 10.1 Å². The lowest BCUT2D eigenvalue weighted by atomic mass is 9.96. The normalized spacial score (nSPS) is 20.5. The Balaban J connectivity index is 2.28. The molecule has 0 spiro atoms. The lowest BCUT2D eigenvalue weighted by Gasteiger charge is -2.09. The molecule has 0 radical (unpaired) electrons. The Hall–Kier alpha value is -1.42. The fourth-order valence-electron chi connectivity index (χ4n) is 1.85.